The van der Waals surface area contributed by atoms with E-state index in [9.17, 15) is 21.9 Å². The first kappa shape index (κ1) is 28.0. The summed E-state index contributed by atoms with van der Waals surface area (Å²) in [5, 5.41) is 20.8. The van der Waals surface area contributed by atoms with Crippen molar-refractivity contribution in [3.05, 3.63) is 66.7 Å². The van der Waals surface area contributed by atoms with Crippen molar-refractivity contribution >= 4 is 30.8 Å². The lowest BCUT2D eigenvalue weighted by Crippen LogP contribution is -2.47. The molecule has 0 amide bonds. The van der Waals surface area contributed by atoms with Crippen molar-refractivity contribution in [2.75, 3.05) is 32.8 Å². The summed E-state index contributed by atoms with van der Waals surface area (Å²) >= 11 is 0. The molecule has 2 aliphatic rings. The third kappa shape index (κ3) is 6.27. The topological polar surface area (TPSA) is 148 Å². The van der Waals surface area contributed by atoms with Gasteiger partial charge in [0.25, 0.3) is 0 Å². The number of rotatable bonds is 9. The lowest BCUT2D eigenvalue weighted by molar-refractivity contribution is -0.0312. The van der Waals surface area contributed by atoms with E-state index in [-0.39, 0.29) is 29.8 Å². The van der Waals surface area contributed by atoms with Crippen molar-refractivity contribution in [2.45, 2.75) is 46.8 Å². The predicted molar refractivity (Wildman–Crippen MR) is 146 cm³/mol. The number of hydrogen-bond acceptors (Lipinski definition) is 8. The Balaban J connectivity index is 1.11. The van der Waals surface area contributed by atoms with Crippen LogP contribution in [0.5, 0.6) is 5.75 Å². The first-order valence-corrected chi connectivity index (χ1v) is 15.8. The maximum Gasteiger partial charge on any atom is 0.243 e. The number of nitrogens with one attached hydrogen (secondary N) is 1. The van der Waals surface area contributed by atoms with Crippen LogP contribution < -0.4 is 15.2 Å². The number of nitrogens with two attached hydrogens (primary N) is 1. The number of fused-ring (bicyclic) bond motifs is 1. The predicted octanol–water partition coefficient (Wildman–Crippen LogP) is 1.83. The second-order valence-electron chi connectivity index (χ2n) is 10.2. The Bertz CT molecular complexity index is 1540. The van der Waals surface area contributed by atoms with Crippen molar-refractivity contribution in [1.82, 2.24) is 9.62 Å². The van der Waals surface area contributed by atoms with Gasteiger partial charge in [-0.25, -0.2) is 22.0 Å². The van der Waals surface area contributed by atoms with Gasteiger partial charge in [0, 0.05) is 25.7 Å². The molecule has 2 saturated heterocycles. The number of sulfonamides is 2. The molecule has 0 aliphatic carbocycles. The molecule has 2 fully saturated rings. The maximum absolute atomic E-state index is 13.3. The summed E-state index contributed by atoms with van der Waals surface area (Å²) in [5.74, 6) is 0.0904. The number of para-hydroxylation sites is 1. The average Bonchev–Trinajstić information content (AvgIpc) is 3.32. The van der Waals surface area contributed by atoms with Crippen LogP contribution in [0.15, 0.2) is 76.5 Å². The molecular formula is C27H33N3O7S2. The molecule has 3 aromatic rings. The quantitative estimate of drug-likeness (QED) is 0.350. The highest BCUT2D eigenvalue weighted by Gasteiger charge is 2.44. The van der Waals surface area contributed by atoms with Gasteiger partial charge in [0.15, 0.2) is 0 Å². The van der Waals surface area contributed by atoms with Crippen LogP contribution in [0.4, 0.5) is 0 Å². The molecule has 210 valence electrons. The smallest absolute Gasteiger partial charge is 0.243 e. The number of piperidine rings is 1. The van der Waals surface area contributed by atoms with E-state index in [4.69, 9.17) is 14.6 Å². The van der Waals surface area contributed by atoms with Crippen LogP contribution in [0.2, 0.25) is 0 Å². The minimum Gasteiger partial charge on any atom is -0.489 e. The van der Waals surface area contributed by atoms with E-state index in [2.05, 4.69) is 5.32 Å². The van der Waals surface area contributed by atoms with Crippen molar-refractivity contribution in [3.63, 3.8) is 0 Å². The molecule has 2 heterocycles. The van der Waals surface area contributed by atoms with Gasteiger partial charge in [-0.2, -0.15) is 4.31 Å². The van der Waals surface area contributed by atoms with E-state index >= 15 is 0 Å². The first-order chi connectivity index (χ1) is 18.6. The first-order valence-electron chi connectivity index (χ1n) is 12.8. The molecule has 10 nitrogen and oxygen atoms in total. The van der Waals surface area contributed by atoms with Gasteiger partial charge in [-0.05, 0) is 54.3 Å². The van der Waals surface area contributed by atoms with Crippen molar-refractivity contribution < 1.29 is 31.4 Å². The Kier molecular flexibility index (Phi) is 7.98. The lowest BCUT2D eigenvalue weighted by atomic mass is 9.88. The third-order valence-electron chi connectivity index (χ3n) is 7.43. The minimum atomic E-state index is -3.94. The van der Waals surface area contributed by atoms with E-state index in [1.807, 2.05) is 30.3 Å². The largest absolute Gasteiger partial charge is 0.489 e. The van der Waals surface area contributed by atoms with Crippen molar-refractivity contribution in [3.8, 4) is 5.75 Å². The summed E-state index contributed by atoms with van der Waals surface area (Å²) in [5.41, 5.74) is -0.400. The zero-order valence-corrected chi connectivity index (χ0v) is 23.0. The summed E-state index contributed by atoms with van der Waals surface area (Å²) < 4.78 is 63.2. The zero-order chi connectivity index (χ0) is 27.7. The Morgan fingerprint density at radius 1 is 1.03 bits per heavy atom. The van der Waals surface area contributed by atoms with E-state index in [1.54, 1.807) is 24.3 Å². The lowest BCUT2D eigenvalue weighted by Gasteiger charge is -2.38. The zero-order valence-electron chi connectivity index (χ0n) is 21.4. The molecule has 1 unspecified atom stereocenters. The fraction of sp³-hybridized carbons (Fsp3) is 0.407. The summed E-state index contributed by atoms with van der Waals surface area (Å²) in [6, 6.07) is 18.9. The van der Waals surface area contributed by atoms with Crippen molar-refractivity contribution in [1.29, 1.82) is 0 Å². The normalized spacial score (nSPS) is 20.8. The maximum atomic E-state index is 13.3. The third-order valence-corrected chi connectivity index (χ3v) is 10.3. The summed E-state index contributed by atoms with van der Waals surface area (Å²) in [4.78, 5) is 0.164. The number of aliphatic hydroxyl groups is 1. The Morgan fingerprint density at radius 3 is 2.46 bits per heavy atom. The van der Waals surface area contributed by atoms with Gasteiger partial charge in [0.05, 0.1) is 17.1 Å². The van der Waals surface area contributed by atoms with Gasteiger partial charge in [0.2, 0.25) is 20.0 Å². The van der Waals surface area contributed by atoms with Crippen LogP contribution >= 0.6 is 0 Å². The number of nitrogens with zero attached hydrogens (tertiary/aromatic N) is 1. The number of benzene rings is 3. The van der Waals surface area contributed by atoms with Crippen LogP contribution in [0, 0.1) is 0 Å². The molecule has 1 spiro atoms. The highest BCUT2D eigenvalue weighted by Crippen LogP contribution is 2.37. The molecule has 2 aliphatic heterocycles. The van der Waals surface area contributed by atoms with E-state index < -0.39 is 31.8 Å². The number of aliphatic hydroxyl groups excluding tert-OH is 1. The number of hydrogen-bond donors (Lipinski definition) is 3. The van der Waals surface area contributed by atoms with Crippen LogP contribution in [0.3, 0.4) is 0 Å². The molecule has 0 bridgehead atoms. The molecule has 39 heavy (non-hydrogen) atoms. The fourth-order valence-corrected chi connectivity index (χ4v) is 7.44. The highest BCUT2D eigenvalue weighted by molar-refractivity contribution is 7.89. The molecule has 2 atom stereocenters. The number of ether oxygens (including phenoxy) is 2. The second-order valence-corrected chi connectivity index (χ2v) is 13.6. The Hall–Kier alpha value is -2.58. The molecule has 12 heteroatoms. The SMILES string of the molecule is NS(=O)(=O)c1ccccc1OC[C@@H](O)CNC1COC2(CCN(S(=O)(=O)c3ccc4ccccc4c3)CC2)C1. The monoisotopic (exact) mass is 575 g/mol. The molecular weight excluding hydrogens is 542 g/mol. The fourth-order valence-electron chi connectivity index (χ4n) is 5.29. The van der Waals surface area contributed by atoms with E-state index in [1.165, 1.54) is 16.4 Å². The van der Waals surface area contributed by atoms with Gasteiger partial charge in [0.1, 0.15) is 23.4 Å². The van der Waals surface area contributed by atoms with Crippen LogP contribution in [-0.4, -0.2) is 76.8 Å². The summed E-state index contributed by atoms with van der Waals surface area (Å²) in [7, 11) is -7.55. The van der Waals surface area contributed by atoms with Crippen LogP contribution in [-0.2, 0) is 24.8 Å². The van der Waals surface area contributed by atoms with Gasteiger partial charge < -0.3 is 19.9 Å². The molecule has 0 aromatic heterocycles. The van der Waals surface area contributed by atoms with Gasteiger partial charge in [-0.1, -0.05) is 42.5 Å². The molecule has 0 radical (unpaired) electrons. The highest BCUT2D eigenvalue weighted by atomic mass is 32.2. The van der Waals surface area contributed by atoms with Gasteiger partial charge >= 0.3 is 0 Å². The molecule has 4 N–H and O–H groups in total. The van der Waals surface area contributed by atoms with Gasteiger partial charge in [-0.3, -0.25) is 0 Å². The number of primary sulfonamides is 1. The second kappa shape index (κ2) is 11.1. The minimum absolute atomic E-state index is 0.000000704. The van der Waals surface area contributed by atoms with Crippen LogP contribution in [0.25, 0.3) is 10.8 Å². The van der Waals surface area contributed by atoms with Crippen molar-refractivity contribution in [2.24, 2.45) is 5.14 Å². The van der Waals surface area contributed by atoms with Gasteiger partial charge in [-0.15, -0.1) is 0 Å². The van der Waals surface area contributed by atoms with Crippen LogP contribution in [0.1, 0.15) is 19.3 Å². The Labute approximate surface area is 228 Å². The Morgan fingerprint density at radius 2 is 1.72 bits per heavy atom. The average molecular weight is 576 g/mol. The van der Waals surface area contributed by atoms with E-state index in [0.717, 1.165) is 10.8 Å². The summed E-state index contributed by atoms with van der Waals surface area (Å²) in [6.07, 6.45) is 1.00. The molecule has 3 aromatic carbocycles. The summed E-state index contributed by atoms with van der Waals surface area (Å²) in [6.45, 7) is 1.33. The standard InChI is InChI=1S/C27H33N3O7S2/c28-38(32,33)26-8-4-3-7-25(26)36-19-23(31)17-29-22-16-27(37-18-22)11-13-30(14-12-27)39(34,35)24-10-9-20-5-1-2-6-21(20)15-24/h1-10,15,22-23,29,31H,11-14,16-19H2,(H2,28,32,33)/t22?,23-/m0/s1. The molecule has 0 saturated carbocycles. The molecule has 5 rings (SSSR count). The van der Waals surface area contributed by atoms with E-state index in [0.29, 0.717) is 43.9 Å².